The zero-order valence-electron chi connectivity index (χ0n) is 15.1. The van der Waals surface area contributed by atoms with Gasteiger partial charge in [0.1, 0.15) is 11.3 Å². The Kier molecular flexibility index (Phi) is 5.18. The molecule has 1 fully saturated rings. The van der Waals surface area contributed by atoms with Crippen molar-refractivity contribution in [2.75, 3.05) is 31.6 Å². The molecule has 0 spiro atoms. The van der Waals surface area contributed by atoms with E-state index in [-0.39, 0.29) is 10.6 Å². The molecule has 1 aliphatic heterocycles. The van der Waals surface area contributed by atoms with Crippen molar-refractivity contribution in [3.8, 4) is 0 Å². The number of morpholine rings is 1. The zero-order chi connectivity index (χ0) is 19.7. The molecule has 144 valence electrons. The van der Waals surface area contributed by atoms with Crippen LogP contribution in [0.15, 0.2) is 53.4 Å². The second-order valence-corrected chi connectivity index (χ2v) is 8.37. The number of ether oxygens (including phenoxy) is 1. The van der Waals surface area contributed by atoms with E-state index in [4.69, 9.17) is 4.74 Å². The molecule has 1 saturated heterocycles. The number of nitro groups is 1. The average molecular weight is 391 g/mol. The highest BCUT2D eigenvalue weighted by Gasteiger charge is 2.36. The van der Waals surface area contributed by atoms with Crippen molar-refractivity contribution in [2.24, 2.45) is 0 Å². The number of benzene rings is 2. The van der Waals surface area contributed by atoms with Crippen LogP contribution in [0.2, 0.25) is 0 Å². The van der Waals surface area contributed by atoms with Crippen LogP contribution in [-0.4, -0.2) is 40.1 Å². The number of nitrogens with one attached hydrogen (secondary N) is 1. The minimum atomic E-state index is -3.77. The summed E-state index contributed by atoms with van der Waals surface area (Å²) in [6.07, 6.45) is 0. The number of sulfonamides is 1. The highest BCUT2D eigenvalue weighted by atomic mass is 32.2. The Balaban J connectivity index is 1.99. The Morgan fingerprint density at radius 2 is 1.93 bits per heavy atom. The second kappa shape index (κ2) is 7.26. The molecule has 1 heterocycles. The first-order valence-electron chi connectivity index (χ1n) is 8.43. The summed E-state index contributed by atoms with van der Waals surface area (Å²) in [4.78, 5) is 12.8. The Morgan fingerprint density at radius 3 is 2.56 bits per heavy atom. The van der Waals surface area contributed by atoms with Gasteiger partial charge in [0.05, 0.1) is 23.0 Å². The minimum absolute atomic E-state index is 0.139. The van der Waals surface area contributed by atoms with Crippen LogP contribution >= 0.6 is 0 Å². The van der Waals surface area contributed by atoms with E-state index < -0.39 is 20.5 Å². The van der Waals surface area contributed by atoms with Crippen LogP contribution in [0, 0.1) is 10.1 Å². The summed E-state index contributed by atoms with van der Waals surface area (Å²) in [5.41, 5.74) is 0.485. The topological polar surface area (TPSA) is 102 Å². The summed E-state index contributed by atoms with van der Waals surface area (Å²) in [6, 6.07) is 13.6. The molecule has 2 aromatic rings. The highest BCUT2D eigenvalue weighted by Crippen LogP contribution is 2.36. The predicted octanol–water partition coefficient (Wildman–Crippen LogP) is 2.25. The van der Waals surface area contributed by atoms with E-state index in [1.54, 1.807) is 0 Å². The van der Waals surface area contributed by atoms with E-state index in [2.05, 4.69) is 4.72 Å². The van der Waals surface area contributed by atoms with Crippen LogP contribution in [-0.2, 0) is 20.4 Å². The summed E-state index contributed by atoms with van der Waals surface area (Å²) in [5.74, 6) is 0. The fraction of sp³-hybridized carbons (Fsp3) is 0.333. The summed E-state index contributed by atoms with van der Waals surface area (Å²) in [6.45, 7) is 3.23. The summed E-state index contributed by atoms with van der Waals surface area (Å²) >= 11 is 0. The maximum absolute atomic E-state index is 12.0. The van der Waals surface area contributed by atoms with Crippen molar-refractivity contribution in [1.29, 1.82) is 0 Å². The van der Waals surface area contributed by atoms with Crippen molar-refractivity contribution in [3.05, 3.63) is 64.2 Å². The molecule has 1 atom stereocenters. The predicted molar refractivity (Wildman–Crippen MR) is 101 cm³/mol. The monoisotopic (exact) mass is 391 g/mol. The number of anilines is 1. The smallest absolute Gasteiger partial charge is 0.293 e. The zero-order valence-corrected chi connectivity index (χ0v) is 15.9. The molecule has 2 aromatic carbocycles. The number of rotatable bonds is 5. The molecule has 0 amide bonds. The Labute approximate surface area is 158 Å². The molecule has 9 heteroatoms. The lowest BCUT2D eigenvalue weighted by atomic mass is 9.93. The van der Waals surface area contributed by atoms with Crippen molar-refractivity contribution in [3.63, 3.8) is 0 Å². The van der Waals surface area contributed by atoms with Crippen LogP contribution in [0.3, 0.4) is 0 Å². The maximum Gasteiger partial charge on any atom is 0.293 e. The van der Waals surface area contributed by atoms with Gasteiger partial charge in [-0.05, 0) is 31.7 Å². The van der Waals surface area contributed by atoms with E-state index in [1.165, 1.54) is 19.2 Å². The summed E-state index contributed by atoms with van der Waals surface area (Å²) < 4.78 is 32.1. The van der Waals surface area contributed by atoms with Crippen molar-refractivity contribution < 1.29 is 18.1 Å². The van der Waals surface area contributed by atoms with Crippen molar-refractivity contribution in [2.45, 2.75) is 17.4 Å². The molecular weight excluding hydrogens is 370 g/mol. The fourth-order valence-electron chi connectivity index (χ4n) is 3.24. The maximum atomic E-state index is 12.0. The van der Waals surface area contributed by atoms with Crippen molar-refractivity contribution >= 4 is 21.4 Å². The fourth-order valence-corrected chi connectivity index (χ4v) is 3.99. The van der Waals surface area contributed by atoms with E-state index in [0.717, 1.165) is 11.6 Å². The Hall–Kier alpha value is -2.49. The molecule has 1 aliphatic rings. The lowest BCUT2D eigenvalue weighted by Gasteiger charge is -2.41. The third kappa shape index (κ3) is 3.80. The van der Waals surface area contributed by atoms with Gasteiger partial charge in [0.25, 0.3) is 5.69 Å². The quantitative estimate of drug-likeness (QED) is 0.620. The number of nitro benzene ring substituents is 1. The molecule has 0 saturated carbocycles. The molecule has 1 unspecified atom stereocenters. The van der Waals surface area contributed by atoms with Crippen LogP contribution in [0.4, 0.5) is 11.4 Å². The minimum Gasteiger partial charge on any atom is -0.367 e. The van der Waals surface area contributed by atoms with E-state index in [0.29, 0.717) is 25.4 Å². The first-order valence-corrected chi connectivity index (χ1v) is 9.91. The van der Waals surface area contributed by atoms with E-state index >= 15 is 0 Å². The van der Waals surface area contributed by atoms with Gasteiger partial charge in [-0.15, -0.1) is 0 Å². The van der Waals surface area contributed by atoms with Gasteiger partial charge in [0.2, 0.25) is 10.0 Å². The first-order chi connectivity index (χ1) is 12.8. The van der Waals surface area contributed by atoms with E-state index in [1.807, 2.05) is 42.2 Å². The standard InChI is InChI=1S/C18H21N3O5S/c1-18(14-6-4-3-5-7-14)13-20(10-11-26-18)16-9-8-15(27(24,25)19-2)12-17(16)21(22)23/h3-9,12,19H,10-11,13H2,1-2H3. The largest absolute Gasteiger partial charge is 0.367 e. The molecule has 0 radical (unpaired) electrons. The third-order valence-corrected chi connectivity index (χ3v) is 6.13. The van der Waals surface area contributed by atoms with Gasteiger partial charge in [0.15, 0.2) is 0 Å². The van der Waals surface area contributed by atoms with Crippen LogP contribution in [0.5, 0.6) is 0 Å². The van der Waals surface area contributed by atoms with Gasteiger partial charge in [-0.3, -0.25) is 10.1 Å². The summed E-state index contributed by atoms with van der Waals surface area (Å²) in [7, 11) is -2.50. The van der Waals surface area contributed by atoms with Gasteiger partial charge in [-0.25, -0.2) is 13.1 Å². The lowest BCUT2D eigenvalue weighted by Crippen LogP contribution is -2.48. The number of hydrogen-bond donors (Lipinski definition) is 1. The van der Waals surface area contributed by atoms with Crippen LogP contribution in [0.25, 0.3) is 0 Å². The van der Waals surface area contributed by atoms with Gasteiger partial charge in [-0.2, -0.15) is 0 Å². The molecule has 0 bridgehead atoms. The first kappa shape index (κ1) is 19.3. The second-order valence-electron chi connectivity index (χ2n) is 6.48. The van der Waals surface area contributed by atoms with Crippen LogP contribution < -0.4 is 9.62 Å². The molecular formula is C18H21N3O5S. The molecule has 8 nitrogen and oxygen atoms in total. The molecule has 0 aliphatic carbocycles. The van der Waals surface area contributed by atoms with Gasteiger partial charge >= 0.3 is 0 Å². The molecule has 1 N–H and O–H groups in total. The summed E-state index contributed by atoms with van der Waals surface area (Å²) in [5, 5.41) is 11.6. The van der Waals surface area contributed by atoms with Gasteiger partial charge in [0, 0.05) is 12.6 Å². The number of hydrogen-bond acceptors (Lipinski definition) is 6. The van der Waals surface area contributed by atoms with E-state index in [9.17, 15) is 18.5 Å². The Bertz CT molecular complexity index is 949. The molecule has 27 heavy (non-hydrogen) atoms. The Morgan fingerprint density at radius 1 is 1.22 bits per heavy atom. The SMILES string of the molecule is CNS(=O)(=O)c1ccc(N2CCOC(C)(c3ccccc3)C2)c([N+](=O)[O-])c1. The van der Waals surface area contributed by atoms with Crippen LogP contribution in [0.1, 0.15) is 12.5 Å². The van der Waals surface area contributed by atoms with Gasteiger partial charge in [-0.1, -0.05) is 30.3 Å². The molecule has 3 rings (SSSR count). The molecule has 0 aromatic heterocycles. The van der Waals surface area contributed by atoms with Crippen molar-refractivity contribution in [1.82, 2.24) is 4.72 Å². The average Bonchev–Trinajstić information content (AvgIpc) is 2.68. The normalized spacial score (nSPS) is 20.4. The number of nitrogens with zero attached hydrogens (tertiary/aromatic N) is 2. The third-order valence-electron chi connectivity index (χ3n) is 4.72. The highest BCUT2D eigenvalue weighted by molar-refractivity contribution is 7.89. The lowest BCUT2D eigenvalue weighted by molar-refractivity contribution is -0.384. The van der Waals surface area contributed by atoms with Gasteiger partial charge < -0.3 is 9.64 Å².